The number of sulfonamides is 1. The third-order valence-corrected chi connectivity index (χ3v) is 6.72. The van der Waals surface area contributed by atoms with E-state index in [-0.39, 0.29) is 23.7 Å². The Bertz CT molecular complexity index is 967. The van der Waals surface area contributed by atoms with Crippen molar-refractivity contribution < 1.29 is 27.4 Å². The number of carbonyl (C=O) groups excluding carboxylic acids is 1. The number of benzene rings is 2. The smallest absolute Gasteiger partial charge is 0.338 e. The Kier molecular flexibility index (Phi) is 6.89. The number of ether oxygens (including phenoxy) is 3. The number of esters is 1. The normalized spacial score (nSPS) is 15.1. The fraction of sp³-hybridized carbons (Fsp3) is 0.381. The molecule has 3 rings (SSSR count). The van der Waals surface area contributed by atoms with Crippen LogP contribution in [0.1, 0.15) is 21.5 Å². The van der Waals surface area contributed by atoms with Crippen LogP contribution in [0.3, 0.4) is 0 Å². The van der Waals surface area contributed by atoms with Gasteiger partial charge >= 0.3 is 5.97 Å². The fourth-order valence-electron chi connectivity index (χ4n) is 3.02. The van der Waals surface area contributed by atoms with E-state index in [1.807, 2.05) is 31.2 Å². The first kappa shape index (κ1) is 21.3. The van der Waals surface area contributed by atoms with Crippen LogP contribution in [0.25, 0.3) is 0 Å². The number of hydrogen-bond donors (Lipinski definition) is 0. The molecular weight excluding hydrogens is 394 g/mol. The van der Waals surface area contributed by atoms with Crippen molar-refractivity contribution >= 4 is 16.0 Å². The van der Waals surface area contributed by atoms with E-state index in [1.165, 1.54) is 10.4 Å². The maximum absolute atomic E-state index is 12.9. The number of para-hydroxylation sites is 1. The number of nitrogens with zero attached hydrogens (tertiary/aromatic N) is 1. The summed E-state index contributed by atoms with van der Waals surface area (Å²) in [6.45, 7) is 5.23. The Morgan fingerprint density at radius 2 is 1.76 bits per heavy atom. The van der Waals surface area contributed by atoms with Crippen LogP contribution in [0, 0.1) is 13.8 Å². The lowest BCUT2D eigenvalue weighted by atomic mass is 10.1. The Hall–Kier alpha value is -2.42. The number of aryl methyl sites for hydroxylation is 2. The highest BCUT2D eigenvalue weighted by atomic mass is 32.2. The van der Waals surface area contributed by atoms with Gasteiger partial charge in [-0.1, -0.05) is 24.3 Å². The van der Waals surface area contributed by atoms with Crippen LogP contribution >= 0.6 is 0 Å². The molecule has 29 heavy (non-hydrogen) atoms. The topological polar surface area (TPSA) is 82.1 Å². The van der Waals surface area contributed by atoms with E-state index < -0.39 is 16.0 Å². The summed E-state index contributed by atoms with van der Waals surface area (Å²) >= 11 is 0. The zero-order chi connectivity index (χ0) is 20.9. The molecule has 1 heterocycles. The number of carbonyl (C=O) groups is 1. The van der Waals surface area contributed by atoms with Crippen LogP contribution in [0.4, 0.5) is 0 Å². The molecule has 1 aliphatic heterocycles. The van der Waals surface area contributed by atoms with Crippen molar-refractivity contribution in [3.8, 4) is 5.75 Å². The Morgan fingerprint density at radius 3 is 2.48 bits per heavy atom. The first-order valence-corrected chi connectivity index (χ1v) is 10.9. The van der Waals surface area contributed by atoms with Gasteiger partial charge in [-0.2, -0.15) is 4.31 Å². The summed E-state index contributed by atoms with van der Waals surface area (Å²) in [7, 11) is -3.69. The molecule has 8 heteroatoms. The van der Waals surface area contributed by atoms with E-state index >= 15 is 0 Å². The van der Waals surface area contributed by atoms with Crippen molar-refractivity contribution in [2.24, 2.45) is 0 Å². The summed E-state index contributed by atoms with van der Waals surface area (Å²) in [6, 6.07) is 12.1. The van der Waals surface area contributed by atoms with Crippen molar-refractivity contribution in [1.82, 2.24) is 4.31 Å². The van der Waals surface area contributed by atoms with E-state index in [0.29, 0.717) is 31.9 Å². The van der Waals surface area contributed by atoms with Crippen LogP contribution in [0.2, 0.25) is 0 Å². The van der Waals surface area contributed by atoms with E-state index in [9.17, 15) is 13.2 Å². The van der Waals surface area contributed by atoms with E-state index in [2.05, 4.69) is 0 Å². The minimum absolute atomic E-state index is 0.0621. The van der Waals surface area contributed by atoms with E-state index in [1.54, 1.807) is 19.1 Å². The average molecular weight is 419 g/mol. The third kappa shape index (κ3) is 5.14. The molecule has 1 saturated heterocycles. The van der Waals surface area contributed by atoms with Gasteiger partial charge in [0.05, 0.1) is 23.7 Å². The van der Waals surface area contributed by atoms with Gasteiger partial charge in [0.2, 0.25) is 10.0 Å². The van der Waals surface area contributed by atoms with Crippen molar-refractivity contribution in [3.05, 3.63) is 59.2 Å². The average Bonchev–Trinajstić information content (AvgIpc) is 2.73. The summed E-state index contributed by atoms with van der Waals surface area (Å²) < 4.78 is 43.3. The predicted molar refractivity (Wildman–Crippen MR) is 108 cm³/mol. The highest BCUT2D eigenvalue weighted by Crippen LogP contribution is 2.23. The molecule has 0 spiro atoms. The summed E-state index contributed by atoms with van der Waals surface area (Å²) in [6.07, 6.45) is 0. The molecule has 7 nitrogen and oxygen atoms in total. The molecule has 0 saturated carbocycles. The quantitative estimate of drug-likeness (QED) is 0.507. The minimum atomic E-state index is -3.69. The summed E-state index contributed by atoms with van der Waals surface area (Å²) in [5.74, 6) is 0.148. The first-order chi connectivity index (χ1) is 13.9. The molecule has 0 N–H and O–H groups in total. The lowest BCUT2D eigenvalue weighted by molar-refractivity contribution is 0.0449. The number of morpholine rings is 1. The first-order valence-electron chi connectivity index (χ1n) is 9.43. The second-order valence-corrected chi connectivity index (χ2v) is 8.65. The maximum atomic E-state index is 12.9. The Labute approximate surface area is 171 Å². The Morgan fingerprint density at radius 1 is 1.03 bits per heavy atom. The van der Waals surface area contributed by atoms with Gasteiger partial charge in [0.15, 0.2) is 0 Å². The van der Waals surface area contributed by atoms with E-state index in [4.69, 9.17) is 14.2 Å². The van der Waals surface area contributed by atoms with Crippen molar-refractivity contribution in [2.45, 2.75) is 18.7 Å². The molecule has 1 fully saturated rings. The molecule has 2 aromatic rings. The van der Waals surface area contributed by atoms with Crippen LogP contribution in [-0.4, -0.2) is 58.2 Å². The molecule has 0 aromatic heterocycles. The van der Waals surface area contributed by atoms with Gasteiger partial charge in [0, 0.05) is 13.1 Å². The minimum Gasteiger partial charge on any atom is -0.490 e. The molecule has 0 unspecified atom stereocenters. The van der Waals surface area contributed by atoms with E-state index in [0.717, 1.165) is 11.3 Å². The predicted octanol–water partition coefficient (Wildman–Crippen LogP) is 2.56. The van der Waals surface area contributed by atoms with Crippen molar-refractivity contribution in [2.75, 3.05) is 39.5 Å². The highest BCUT2D eigenvalue weighted by Gasteiger charge is 2.28. The molecule has 0 bridgehead atoms. The van der Waals surface area contributed by atoms with Gasteiger partial charge in [-0.3, -0.25) is 0 Å². The van der Waals surface area contributed by atoms with Crippen LogP contribution in [0.5, 0.6) is 5.75 Å². The highest BCUT2D eigenvalue weighted by molar-refractivity contribution is 7.89. The summed E-state index contributed by atoms with van der Waals surface area (Å²) in [4.78, 5) is 12.5. The SMILES string of the molecule is Cc1ccccc1OCCOC(=O)c1ccc(C)c(S(=O)(=O)N2CCOCC2)c1. The van der Waals surface area contributed by atoms with Gasteiger partial charge in [-0.05, 0) is 43.2 Å². The molecule has 0 amide bonds. The molecule has 0 aliphatic carbocycles. The zero-order valence-electron chi connectivity index (χ0n) is 16.6. The van der Waals surface area contributed by atoms with Gasteiger partial charge in [-0.15, -0.1) is 0 Å². The molecule has 0 atom stereocenters. The maximum Gasteiger partial charge on any atom is 0.338 e. The van der Waals surface area contributed by atoms with Crippen LogP contribution < -0.4 is 4.74 Å². The second-order valence-electron chi connectivity index (χ2n) is 6.75. The van der Waals surface area contributed by atoms with Crippen LogP contribution in [0.15, 0.2) is 47.4 Å². The van der Waals surface area contributed by atoms with Crippen molar-refractivity contribution in [3.63, 3.8) is 0 Å². The summed E-state index contributed by atoms with van der Waals surface area (Å²) in [5.41, 5.74) is 1.77. The Balaban J connectivity index is 1.64. The molecular formula is C21H25NO6S. The number of hydrogen-bond acceptors (Lipinski definition) is 6. The zero-order valence-corrected chi connectivity index (χ0v) is 17.4. The standard InChI is InChI=1S/C21H25NO6S/c1-16-5-3-4-6-19(16)27-13-14-28-21(23)18-8-7-17(2)20(15-18)29(24,25)22-9-11-26-12-10-22/h3-8,15H,9-14H2,1-2H3. The fourth-order valence-corrected chi connectivity index (χ4v) is 4.68. The molecule has 0 radical (unpaired) electrons. The molecule has 2 aromatic carbocycles. The van der Waals surface area contributed by atoms with Crippen LogP contribution in [-0.2, 0) is 19.5 Å². The lowest BCUT2D eigenvalue weighted by Crippen LogP contribution is -2.40. The van der Waals surface area contributed by atoms with Gasteiger partial charge < -0.3 is 14.2 Å². The molecule has 156 valence electrons. The lowest BCUT2D eigenvalue weighted by Gasteiger charge is -2.26. The monoisotopic (exact) mass is 419 g/mol. The van der Waals surface area contributed by atoms with Gasteiger partial charge in [0.1, 0.15) is 19.0 Å². The summed E-state index contributed by atoms with van der Waals surface area (Å²) in [5, 5.41) is 0. The largest absolute Gasteiger partial charge is 0.490 e. The molecule has 1 aliphatic rings. The second kappa shape index (κ2) is 9.39. The number of rotatable bonds is 7. The van der Waals surface area contributed by atoms with Gasteiger partial charge in [-0.25, -0.2) is 13.2 Å². The third-order valence-electron chi connectivity index (χ3n) is 4.68. The van der Waals surface area contributed by atoms with Crippen molar-refractivity contribution in [1.29, 1.82) is 0 Å². The van der Waals surface area contributed by atoms with Gasteiger partial charge in [0.25, 0.3) is 0 Å².